The van der Waals surface area contributed by atoms with Gasteiger partial charge in [-0.05, 0) is 55.8 Å². The van der Waals surface area contributed by atoms with Crippen molar-refractivity contribution >= 4 is 34.2 Å². The van der Waals surface area contributed by atoms with E-state index in [1.807, 2.05) is 53.9 Å². The van der Waals surface area contributed by atoms with Crippen molar-refractivity contribution in [3.63, 3.8) is 0 Å². The molecule has 210 valence electrons. The monoisotopic (exact) mass is 562 g/mol. The number of halogens is 1. The van der Waals surface area contributed by atoms with Gasteiger partial charge in [0.05, 0.1) is 29.9 Å². The molecule has 7 nitrogen and oxygen atoms in total. The van der Waals surface area contributed by atoms with Crippen LogP contribution in [0, 0.1) is 0 Å². The maximum absolute atomic E-state index is 14.1. The van der Waals surface area contributed by atoms with Gasteiger partial charge in [0, 0.05) is 11.3 Å². The second kappa shape index (κ2) is 13.1. The number of nitrogens with one attached hydrogen (secondary N) is 2. The fraction of sp³-hybridized carbons (Fsp3) is 0.355. The van der Waals surface area contributed by atoms with Crippen molar-refractivity contribution in [3.8, 4) is 0 Å². The number of fused-ring (bicyclic) bond motifs is 1. The Balaban J connectivity index is 1.67. The normalized spacial score (nSPS) is 13.9. The lowest BCUT2D eigenvalue weighted by Crippen LogP contribution is -2.66. The third-order valence-corrected chi connectivity index (χ3v) is 7.70. The third-order valence-electron chi connectivity index (χ3n) is 6.82. The molecule has 0 radical (unpaired) electrons. The Kier molecular flexibility index (Phi) is 9.60. The van der Waals surface area contributed by atoms with E-state index in [0.717, 1.165) is 10.4 Å². The predicted molar refractivity (Wildman–Crippen MR) is 156 cm³/mol. The summed E-state index contributed by atoms with van der Waals surface area (Å²) in [6, 6.07) is 20.2. The first kappa shape index (κ1) is 29.3. The zero-order valence-corrected chi connectivity index (χ0v) is 23.6. The fourth-order valence-corrected chi connectivity index (χ4v) is 5.30. The number of carbonyl (C=O) groups is 2. The maximum Gasteiger partial charge on any atom is 0.272 e. The highest BCUT2D eigenvalue weighted by Crippen LogP contribution is 2.26. The van der Waals surface area contributed by atoms with Gasteiger partial charge < -0.3 is 15.7 Å². The summed E-state index contributed by atoms with van der Waals surface area (Å²) >= 11 is 1.50. The molecular weight excluding hydrogens is 527 g/mol. The highest BCUT2D eigenvalue weighted by Gasteiger charge is 2.46. The van der Waals surface area contributed by atoms with Gasteiger partial charge in [-0.25, -0.2) is 9.37 Å². The van der Waals surface area contributed by atoms with Crippen molar-refractivity contribution in [3.05, 3.63) is 94.4 Å². The van der Waals surface area contributed by atoms with Crippen LogP contribution in [0.5, 0.6) is 0 Å². The summed E-state index contributed by atoms with van der Waals surface area (Å²) in [4.78, 5) is 37.4. The molecule has 2 atom stereocenters. The van der Waals surface area contributed by atoms with E-state index in [2.05, 4.69) is 20.6 Å². The summed E-state index contributed by atoms with van der Waals surface area (Å²) in [7, 11) is 0. The molecule has 0 saturated carbocycles. The molecule has 0 saturated heterocycles. The highest BCUT2D eigenvalue weighted by atomic mass is 32.1. The van der Waals surface area contributed by atoms with Gasteiger partial charge in [-0.2, -0.15) is 0 Å². The fourth-order valence-electron chi connectivity index (χ4n) is 4.65. The van der Waals surface area contributed by atoms with Gasteiger partial charge in [-0.15, -0.1) is 11.3 Å². The lowest BCUT2D eigenvalue weighted by atomic mass is 9.81. The first-order valence-electron chi connectivity index (χ1n) is 13.4. The quantitative estimate of drug-likeness (QED) is 0.190. The number of alkyl halides is 1. The van der Waals surface area contributed by atoms with Gasteiger partial charge in [-0.3, -0.25) is 14.6 Å². The Labute approximate surface area is 237 Å². The molecule has 9 heteroatoms. The molecule has 2 aromatic heterocycles. The number of rotatable bonds is 13. The highest BCUT2D eigenvalue weighted by molar-refractivity contribution is 7.09. The van der Waals surface area contributed by atoms with Gasteiger partial charge in [-0.1, -0.05) is 61.4 Å². The van der Waals surface area contributed by atoms with Crippen molar-refractivity contribution in [2.24, 2.45) is 0 Å². The Morgan fingerprint density at radius 2 is 1.73 bits per heavy atom. The van der Waals surface area contributed by atoms with Crippen molar-refractivity contribution in [1.82, 2.24) is 20.6 Å². The SMILES string of the molecule is CC(C)(F)CCCC[C@H](O)[C@](Cc1ccccc1)(NC(=O)c1cnc2ccccc2n1)C(=O)NCc1cccs1. The summed E-state index contributed by atoms with van der Waals surface area (Å²) in [6.45, 7) is 3.29. The second-order valence-corrected chi connectivity index (χ2v) is 11.6. The number of carbonyl (C=O) groups excluding carboxylic acids is 2. The molecule has 3 N–H and O–H groups in total. The minimum Gasteiger partial charge on any atom is -0.390 e. The van der Waals surface area contributed by atoms with Crippen LogP contribution in [0.2, 0.25) is 0 Å². The number of thiophene rings is 1. The number of aliphatic hydroxyl groups is 1. The lowest BCUT2D eigenvalue weighted by molar-refractivity contribution is -0.132. The van der Waals surface area contributed by atoms with Gasteiger partial charge in [0.15, 0.2) is 0 Å². The minimum absolute atomic E-state index is 0.0357. The van der Waals surface area contributed by atoms with Crippen LogP contribution in [0.3, 0.4) is 0 Å². The summed E-state index contributed by atoms with van der Waals surface area (Å²) in [5.74, 6) is -1.13. The first-order chi connectivity index (χ1) is 19.2. The summed E-state index contributed by atoms with van der Waals surface area (Å²) in [5, 5.41) is 19.4. The molecule has 2 heterocycles. The molecule has 4 rings (SSSR count). The Morgan fingerprint density at radius 3 is 2.42 bits per heavy atom. The number of aromatic nitrogens is 2. The van der Waals surface area contributed by atoms with Crippen LogP contribution in [0.4, 0.5) is 4.39 Å². The predicted octanol–water partition coefficient (Wildman–Crippen LogP) is 5.39. The molecule has 0 bridgehead atoms. The number of unbranched alkanes of at least 4 members (excludes halogenated alkanes) is 1. The van der Waals surface area contributed by atoms with E-state index in [1.54, 1.807) is 18.2 Å². The zero-order valence-electron chi connectivity index (χ0n) is 22.8. The average molecular weight is 563 g/mol. The molecule has 2 amide bonds. The Bertz CT molecular complexity index is 1410. The van der Waals surface area contributed by atoms with Gasteiger partial charge in [0.2, 0.25) is 5.91 Å². The van der Waals surface area contributed by atoms with Crippen LogP contribution in [-0.2, 0) is 17.8 Å². The zero-order chi connectivity index (χ0) is 28.6. The summed E-state index contributed by atoms with van der Waals surface area (Å²) < 4.78 is 14.1. The van der Waals surface area contributed by atoms with E-state index in [-0.39, 0.29) is 25.1 Å². The smallest absolute Gasteiger partial charge is 0.272 e. The van der Waals surface area contributed by atoms with E-state index < -0.39 is 29.1 Å². The van der Waals surface area contributed by atoms with E-state index >= 15 is 0 Å². The molecule has 4 aromatic rings. The molecular formula is C31H35FN4O3S. The number of nitrogens with zero attached hydrogens (tertiary/aromatic N) is 2. The van der Waals surface area contributed by atoms with E-state index in [4.69, 9.17) is 0 Å². The molecule has 0 spiro atoms. The molecule has 0 unspecified atom stereocenters. The van der Waals surface area contributed by atoms with Crippen LogP contribution in [0.1, 0.15) is 60.5 Å². The number of benzene rings is 2. The van der Waals surface area contributed by atoms with Crippen molar-refractivity contribution in [1.29, 1.82) is 0 Å². The standard InChI is InChI=1S/C31H35FN4O3S/c1-30(2,32)17-9-8-16-27(37)31(19-22-11-4-3-5-12-22,29(39)34-20-23-13-10-18-40-23)36-28(38)26-21-33-24-14-6-7-15-25(24)35-26/h3-7,10-15,18,21,27,37H,8-9,16-17,19-20H2,1-2H3,(H,34,39)(H,36,38)/t27-,31-/m0/s1. The van der Waals surface area contributed by atoms with Gasteiger partial charge in [0.1, 0.15) is 16.9 Å². The van der Waals surface area contributed by atoms with Gasteiger partial charge >= 0.3 is 0 Å². The van der Waals surface area contributed by atoms with Gasteiger partial charge in [0.25, 0.3) is 5.91 Å². The molecule has 0 aliphatic carbocycles. The Morgan fingerprint density at radius 1 is 1.00 bits per heavy atom. The minimum atomic E-state index is -1.71. The summed E-state index contributed by atoms with van der Waals surface area (Å²) in [6.07, 6.45) is 1.69. The molecule has 2 aromatic carbocycles. The third kappa shape index (κ3) is 7.70. The largest absolute Gasteiger partial charge is 0.390 e. The topological polar surface area (TPSA) is 104 Å². The van der Waals surface area contributed by atoms with Crippen LogP contribution in [0.15, 0.2) is 78.3 Å². The van der Waals surface area contributed by atoms with Crippen molar-refractivity contribution in [2.45, 2.75) is 69.8 Å². The molecule has 0 aliphatic rings. The molecule has 0 aliphatic heterocycles. The van der Waals surface area contributed by atoms with Crippen LogP contribution < -0.4 is 10.6 Å². The van der Waals surface area contributed by atoms with Crippen molar-refractivity contribution < 1.29 is 19.1 Å². The van der Waals surface area contributed by atoms with Crippen LogP contribution in [0.25, 0.3) is 11.0 Å². The number of hydrogen-bond donors (Lipinski definition) is 3. The number of para-hydroxylation sites is 2. The first-order valence-corrected chi connectivity index (χ1v) is 14.3. The second-order valence-electron chi connectivity index (χ2n) is 10.6. The number of amides is 2. The van der Waals surface area contributed by atoms with Crippen LogP contribution >= 0.6 is 11.3 Å². The van der Waals surface area contributed by atoms with E-state index in [9.17, 15) is 19.1 Å². The lowest BCUT2D eigenvalue weighted by Gasteiger charge is -2.38. The average Bonchev–Trinajstić information content (AvgIpc) is 3.47. The molecule has 0 fully saturated rings. The van der Waals surface area contributed by atoms with Crippen molar-refractivity contribution in [2.75, 3.05) is 0 Å². The Hall–Kier alpha value is -3.69. The van der Waals surface area contributed by atoms with E-state index in [1.165, 1.54) is 31.4 Å². The number of hydrogen-bond acceptors (Lipinski definition) is 6. The summed E-state index contributed by atoms with van der Waals surface area (Å²) in [5.41, 5.74) is -1.06. The van der Waals surface area contributed by atoms with E-state index in [0.29, 0.717) is 30.3 Å². The molecule has 40 heavy (non-hydrogen) atoms. The number of aliphatic hydroxyl groups excluding tert-OH is 1. The maximum atomic E-state index is 14.1. The van der Waals surface area contributed by atoms with Crippen LogP contribution in [-0.4, -0.2) is 44.2 Å².